The van der Waals surface area contributed by atoms with Crippen LogP contribution in [0.4, 0.5) is 0 Å². The normalized spacial score (nSPS) is 22.8. The van der Waals surface area contributed by atoms with Crippen molar-refractivity contribution < 1.29 is 0 Å². The first kappa shape index (κ1) is 14.3. The lowest BCUT2D eigenvalue weighted by atomic mass is 9.85. The van der Waals surface area contributed by atoms with Crippen LogP contribution in [0.5, 0.6) is 0 Å². The Hall–Kier alpha value is -0.0800. The summed E-state index contributed by atoms with van der Waals surface area (Å²) in [4.78, 5) is 2.78. The van der Waals surface area contributed by atoms with Gasteiger partial charge in [-0.05, 0) is 56.5 Å². The van der Waals surface area contributed by atoms with E-state index in [1.54, 1.807) is 0 Å². The van der Waals surface area contributed by atoms with Gasteiger partial charge < -0.3 is 10.2 Å². The molecule has 1 N–H and O–H groups in total. The maximum Gasteiger partial charge on any atom is 0.00503 e. The van der Waals surface area contributed by atoms with Crippen molar-refractivity contribution in [2.75, 3.05) is 32.7 Å². The molecule has 0 aromatic carbocycles. The maximum absolute atomic E-state index is 3.62. The highest BCUT2D eigenvalue weighted by Crippen LogP contribution is 2.39. The van der Waals surface area contributed by atoms with Gasteiger partial charge in [-0.1, -0.05) is 26.7 Å². The van der Waals surface area contributed by atoms with Crippen molar-refractivity contribution >= 4 is 0 Å². The highest BCUT2D eigenvalue weighted by molar-refractivity contribution is 4.90. The Labute approximate surface area is 114 Å². The van der Waals surface area contributed by atoms with E-state index in [0.29, 0.717) is 5.41 Å². The largest absolute Gasteiger partial charge is 0.316 e. The van der Waals surface area contributed by atoms with Crippen LogP contribution in [0, 0.1) is 11.3 Å². The smallest absolute Gasteiger partial charge is 0.00503 e. The van der Waals surface area contributed by atoms with E-state index in [2.05, 4.69) is 24.1 Å². The Morgan fingerprint density at radius 2 is 1.89 bits per heavy atom. The van der Waals surface area contributed by atoms with Crippen molar-refractivity contribution in [1.82, 2.24) is 10.2 Å². The Bertz CT molecular complexity index is 229. The van der Waals surface area contributed by atoms with Crippen LogP contribution >= 0.6 is 0 Å². The molecular weight excluding hydrogens is 220 g/mol. The average Bonchev–Trinajstić information content (AvgIpc) is 3.05. The molecule has 0 atom stereocenters. The summed E-state index contributed by atoms with van der Waals surface area (Å²) in [6.07, 6.45) is 10.1. The van der Waals surface area contributed by atoms with Gasteiger partial charge in [-0.15, -0.1) is 0 Å². The fraction of sp³-hybridized carbons (Fsp3) is 1.00. The van der Waals surface area contributed by atoms with E-state index in [9.17, 15) is 0 Å². The third kappa shape index (κ3) is 4.24. The van der Waals surface area contributed by atoms with Gasteiger partial charge in [0.15, 0.2) is 0 Å². The van der Waals surface area contributed by atoms with Crippen LogP contribution in [0.1, 0.15) is 58.8 Å². The predicted octanol–water partition coefficient (Wildman–Crippen LogP) is 3.28. The third-order valence-corrected chi connectivity index (χ3v) is 4.73. The zero-order valence-electron chi connectivity index (χ0n) is 12.5. The number of nitrogens with zero attached hydrogens (tertiary/aromatic N) is 1. The SMILES string of the molecule is CCCN(CC1CC1)CC1(CNCC)CCCC1. The summed E-state index contributed by atoms with van der Waals surface area (Å²) < 4.78 is 0. The summed E-state index contributed by atoms with van der Waals surface area (Å²) in [5.41, 5.74) is 0.597. The molecule has 0 bridgehead atoms. The van der Waals surface area contributed by atoms with Gasteiger partial charge in [-0.2, -0.15) is 0 Å². The molecule has 2 nitrogen and oxygen atoms in total. The Kier molecular flexibility index (Phi) is 5.50. The lowest BCUT2D eigenvalue weighted by Gasteiger charge is -2.36. The summed E-state index contributed by atoms with van der Waals surface area (Å²) >= 11 is 0. The molecule has 2 rings (SSSR count). The molecule has 2 saturated carbocycles. The maximum atomic E-state index is 3.62. The molecule has 0 radical (unpaired) electrons. The number of nitrogens with one attached hydrogen (secondary N) is 1. The first-order chi connectivity index (χ1) is 8.78. The molecule has 0 unspecified atom stereocenters. The van der Waals surface area contributed by atoms with Crippen molar-refractivity contribution in [3.05, 3.63) is 0 Å². The van der Waals surface area contributed by atoms with Gasteiger partial charge in [0.1, 0.15) is 0 Å². The van der Waals surface area contributed by atoms with E-state index in [0.717, 1.165) is 12.5 Å². The predicted molar refractivity (Wildman–Crippen MR) is 78.9 cm³/mol. The molecular formula is C16H32N2. The van der Waals surface area contributed by atoms with Gasteiger partial charge in [0, 0.05) is 19.6 Å². The molecule has 0 heterocycles. The summed E-state index contributed by atoms with van der Waals surface area (Å²) in [5, 5.41) is 3.62. The molecule has 0 aromatic rings. The van der Waals surface area contributed by atoms with Crippen molar-refractivity contribution in [3.63, 3.8) is 0 Å². The zero-order chi connectivity index (χ0) is 12.8. The van der Waals surface area contributed by atoms with Gasteiger partial charge in [-0.3, -0.25) is 0 Å². The second kappa shape index (κ2) is 6.91. The Balaban J connectivity index is 1.87. The van der Waals surface area contributed by atoms with Crippen molar-refractivity contribution in [2.24, 2.45) is 11.3 Å². The number of rotatable bonds is 9. The zero-order valence-corrected chi connectivity index (χ0v) is 12.5. The summed E-state index contributed by atoms with van der Waals surface area (Å²) in [6, 6.07) is 0. The quantitative estimate of drug-likeness (QED) is 0.677. The minimum absolute atomic E-state index is 0.597. The molecule has 2 aliphatic rings. The molecule has 2 heteroatoms. The minimum Gasteiger partial charge on any atom is -0.316 e. The molecule has 0 aromatic heterocycles. The fourth-order valence-corrected chi connectivity index (χ4v) is 3.60. The average molecular weight is 252 g/mol. The van der Waals surface area contributed by atoms with Gasteiger partial charge in [0.2, 0.25) is 0 Å². The monoisotopic (exact) mass is 252 g/mol. The van der Waals surface area contributed by atoms with Crippen LogP contribution in [0.3, 0.4) is 0 Å². The second-order valence-corrected chi connectivity index (χ2v) is 6.67. The van der Waals surface area contributed by atoms with E-state index in [1.165, 1.54) is 71.1 Å². The van der Waals surface area contributed by atoms with Crippen LogP contribution in [0.25, 0.3) is 0 Å². The van der Waals surface area contributed by atoms with E-state index >= 15 is 0 Å². The van der Waals surface area contributed by atoms with Crippen molar-refractivity contribution in [2.45, 2.75) is 58.8 Å². The van der Waals surface area contributed by atoms with Gasteiger partial charge in [0.25, 0.3) is 0 Å². The van der Waals surface area contributed by atoms with Crippen molar-refractivity contribution in [1.29, 1.82) is 0 Å². The lowest BCUT2D eigenvalue weighted by Crippen LogP contribution is -2.43. The number of hydrogen-bond donors (Lipinski definition) is 1. The van der Waals surface area contributed by atoms with Crippen LogP contribution in [-0.4, -0.2) is 37.6 Å². The molecule has 0 aliphatic heterocycles. The Morgan fingerprint density at radius 1 is 1.17 bits per heavy atom. The molecule has 0 amide bonds. The lowest BCUT2D eigenvalue weighted by molar-refractivity contribution is 0.144. The van der Waals surface area contributed by atoms with Crippen molar-refractivity contribution in [3.8, 4) is 0 Å². The molecule has 0 spiro atoms. The van der Waals surface area contributed by atoms with Gasteiger partial charge in [0.05, 0.1) is 0 Å². The highest BCUT2D eigenvalue weighted by atomic mass is 15.1. The van der Waals surface area contributed by atoms with Crippen LogP contribution in [-0.2, 0) is 0 Å². The first-order valence-electron chi connectivity index (χ1n) is 8.21. The summed E-state index contributed by atoms with van der Waals surface area (Å²) in [5.74, 6) is 1.04. The van der Waals surface area contributed by atoms with Crippen LogP contribution < -0.4 is 5.32 Å². The highest BCUT2D eigenvalue weighted by Gasteiger charge is 2.36. The van der Waals surface area contributed by atoms with E-state index in [4.69, 9.17) is 0 Å². The fourth-order valence-electron chi connectivity index (χ4n) is 3.60. The summed E-state index contributed by atoms with van der Waals surface area (Å²) in [6.45, 7) is 11.0. The molecule has 106 valence electrons. The van der Waals surface area contributed by atoms with Gasteiger partial charge >= 0.3 is 0 Å². The van der Waals surface area contributed by atoms with E-state index < -0.39 is 0 Å². The second-order valence-electron chi connectivity index (χ2n) is 6.67. The number of hydrogen-bond acceptors (Lipinski definition) is 2. The first-order valence-corrected chi connectivity index (χ1v) is 8.21. The van der Waals surface area contributed by atoms with E-state index in [1.807, 2.05) is 0 Å². The molecule has 2 aliphatic carbocycles. The van der Waals surface area contributed by atoms with Crippen LogP contribution in [0.15, 0.2) is 0 Å². The van der Waals surface area contributed by atoms with E-state index in [-0.39, 0.29) is 0 Å². The Morgan fingerprint density at radius 3 is 2.44 bits per heavy atom. The standard InChI is InChI=1S/C16H32N2/c1-3-11-18(12-15-7-8-15)14-16(13-17-4-2)9-5-6-10-16/h15,17H,3-14H2,1-2H3. The third-order valence-electron chi connectivity index (χ3n) is 4.73. The van der Waals surface area contributed by atoms with Crippen LogP contribution in [0.2, 0.25) is 0 Å². The molecule has 0 saturated heterocycles. The topological polar surface area (TPSA) is 15.3 Å². The van der Waals surface area contributed by atoms with Gasteiger partial charge in [-0.25, -0.2) is 0 Å². The summed E-state index contributed by atoms with van der Waals surface area (Å²) in [7, 11) is 0. The minimum atomic E-state index is 0.597. The molecule has 2 fully saturated rings. The molecule has 18 heavy (non-hydrogen) atoms.